The van der Waals surface area contributed by atoms with Crippen molar-refractivity contribution in [3.05, 3.63) is 47.4 Å². The second-order valence-corrected chi connectivity index (χ2v) is 4.11. The monoisotopic (exact) mass is 261 g/mol. The Morgan fingerprint density at radius 3 is 3.06 bits per heavy atom. The minimum atomic E-state index is -0.356. The van der Waals surface area contributed by atoms with E-state index in [4.69, 9.17) is 16.0 Å². The molecule has 1 amide bonds. The van der Waals surface area contributed by atoms with Crippen LogP contribution in [0.25, 0.3) is 11.0 Å². The number of rotatable bonds is 2. The molecule has 0 spiro atoms. The predicted molar refractivity (Wildman–Crippen MR) is 67.8 cm³/mol. The Morgan fingerprint density at radius 1 is 1.39 bits per heavy atom. The second-order valence-electron chi connectivity index (χ2n) is 3.68. The van der Waals surface area contributed by atoms with Gasteiger partial charge in [0.05, 0.1) is 17.3 Å². The normalized spacial score (nSPS) is 10.7. The molecule has 5 nitrogen and oxygen atoms in total. The highest BCUT2D eigenvalue weighted by Gasteiger charge is 2.11. The van der Waals surface area contributed by atoms with Crippen molar-refractivity contribution in [2.45, 2.75) is 0 Å². The summed E-state index contributed by atoms with van der Waals surface area (Å²) in [6, 6.07) is 8.49. The molecule has 0 bridgehead atoms. The number of H-pyrrole nitrogens is 1. The van der Waals surface area contributed by atoms with Gasteiger partial charge in [-0.1, -0.05) is 11.6 Å². The third kappa shape index (κ3) is 1.96. The maximum atomic E-state index is 11.7. The van der Waals surface area contributed by atoms with Crippen molar-refractivity contribution < 1.29 is 9.21 Å². The number of halogens is 1. The van der Waals surface area contributed by atoms with Gasteiger partial charge in [-0.2, -0.15) is 0 Å². The molecule has 0 unspecified atom stereocenters. The fourth-order valence-corrected chi connectivity index (χ4v) is 1.78. The summed E-state index contributed by atoms with van der Waals surface area (Å²) in [7, 11) is 0. The van der Waals surface area contributed by atoms with Crippen molar-refractivity contribution in [1.82, 2.24) is 9.97 Å². The summed E-state index contributed by atoms with van der Waals surface area (Å²) in [6.45, 7) is 0. The molecule has 2 aromatic heterocycles. The van der Waals surface area contributed by atoms with Gasteiger partial charge in [0.1, 0.15) is 0 Å². The van der Waals surface area contributed by atoms with Crippen LogP contribution >= 0.6 is 11.6 Å². The molecule has 0 atom stereocenters. The molecular formula is C12H8ClN3O2. The molecule has 2 heterocycles. The number of nitrogens with zero attached hydrogens (tertiary/aromatic N) is 1. The third-order valence-electron chi connectivity index (χ3n) is 2.42. The summed E-state index contributed by atoms with van der Waals surface area (Å²) in [5, 5.41) is 3.21. The molecule has 0 fully saturated rings. The van der Waals surface area contributed by atoms with E-state index < -0.39 is 0 Å². The predicted octanol–water partition coefficient (Wildman–Crippen LogP) is 3.06. The Morgan fingerprint density at radius 2 is 2.28 bits per heavy atom. The quantitative estimate of drug-likeness (QED) is 0.745. The van der Waals surface area contributed by atoms with E-state index in [1.165, 1.54) is 6.26 Å². The number of carbonyl (C=O) groups is 1. The van der Waals surface area contributed by atoms with E-state index in [9.17, 15) is 4.79 Å². The summed E-state index contributed by atoms with van der Waals surface area (Å²) in [4.78, 5) is 18.9. The molecule has 6 heteroatoms. The molecule has 0 aliphatic carbocycles. The maximum absolute atomic E-state index is 11.7. The fraction of sp³-hybridized carbons (Fsp3) is 0. The van der Waals surface area contributed by atoms with Crippen LogP contribution < -0.4 is 5.32 Å². The molecule has 0 saturated carbocycles. The number of hydrogen-bond acceptors (Lipinski definition) is 3. The highest BCUT2D eigenvalue weighted by molar-refractivity contribution is 6.31. The number of carbonyl (C=O) groups excluding carboxylic acids is 1. The van der Waals surface area contributed by atoms with E-state index in [1.54, 1.807) is 30.3 Å². The van der Waals surface area contributed by atoms with Crippen molar-refractivity contribution >= 4 is 34.5 Å². The molecule has 1 aromatic carbocycles. The van der Waals surface area contributed by atoms with Gasteiger partial charge < -0.3 is 9.40 Å². The van der Waals surface area contributed by atoms with Crippen molar-refractivity contribution in [3.8, 4) is 0 Å². The van der Waals surface area contributed by atoms with E-state index in [1.807, 2.05) is 0 Å². The average Bonchev–Trinajstić information content (AvgIpc) is 2.95. The third-order valence-corrected chi connectivity index (χ3v) is 2.66. The molecule has 0 radical (unpaired) electrons. The number of furan rings is 1. The van der Waals surface area contributed by atoms with Gasteiger partial charge in [-0.15, -0.1) is 0 Å². The van der Waals surface area contributed by atoms with Gasteiger partial charge in [-0.25, -0.2) is 4.98 Å². The minimum Gasteiger partial charge on any atom is -0.459 e. The number of aromatic amines is 1. The van der Waals surface area contributed by atoms with Gasteiger partial charge in [0.25, 0.3) is 5.91 Å². The first-order valence-corrected chi connectivity index (χ1v) is 5.60. The number of hydrogen-bond donors (Lipinski definition) is 2. The maximum Gasteiger partial charge on any atom is 0.293 e. The number of imidazole rings is 1. The summed E-state index contributed by atoms with van der Waals surface area (Å²) in [5.41, 5.74) is 1.49. The Labute approximate surface area is 107 Å². The largest absolute Gasteiger partial charge is 0.459 e. The summed E-state index contributed by atoms with van der Waals surface area (Å²) >= 11 is 5.86. The van der Waals surface area contributed by atoms with Crippen LogP contribution in [0.1, 0.15) is 10.6 Å². The molecule has 18 heavy (non-hydrogen) atoms. The zero-order chi connectivity index (χ0) is 12.5. The zero-order valence-electron chi connectivity index (χ0n) is 9.11. The Kier molecular flexibility index (Phi) is 2.53. The molecule has 3 rings (SSSR count). The lowest BCUT2D eigenvalue weighted by atomic mass is 10.3. The van der Waals surface area contributed by atoms with Gasteiger partial charge in [-0.05, 0) is 30.3 Å². The van der Waals surface area contributed by atoms with E-state index in [0.29, 0.717) is 16.5 Å². The van der Waals surface area contributed by atoms with Crippen LogP contribution in [0.4, 0.5) is 5.95 Å². The summed E-state index contributed by atoms with van der Waals surface area (Å²) < 4.78 is 4.99. The van der Waals surface area contributed by atoms with Crippen molar-refractivity contribution in [2.24, 2.45) is 0 Å². The van der Waals surface area contributed by atoms with Gasteiger partial charge in [0.2, 0.25) is 5.95 Å². The van der Waals surface area contributed by atoms with Crippen molar-refractivity contribution in [3.63, 3.8) is 0 Å². The lowest BCUT2D eigenvalue weighted by molar-refractivity contribution is 0.0996. The first-order chi connectivity index (χ1) is 8.72. The van der Waals surface area contributed by atoms with Gasteiger partial charge >= 0.3 is 0 Å². The van der Waals surface area contributed by atoms with Crippen LogP contribution in [0, 0.1) is 0 Å². The molecule has 2 N–H and O–H groups in total. The lowest BCUT2D eigenvalue weighted by Gasteiger charge is -1.96. The van der Waals surface area contributed by atoms with E-state index in [2.05, 4.69) is 15.3 Å². The second kappa shape index (κ2) is 4.19. The van der Waals surface area contributed by atoms with Crippen LogP contribution in [-0.2, 0) is 0 Å². The molecule has 3 aromatic rings. The van der Waals surface area contributed by atoms with Crippen LogP contribution in [0.15, 0.2) is 41.0 Å². The molecule has 0 saturated heterocycles. The van der Waals surface area contributed by atoms with Crippen LogP contribution in [0.3, 0.4) is 0 Å². The SMILES string of the molecule is O=C(Nc1nc2cc(Cl)ccc2[nH]1)c1ccco1. The van der Waals surface area contributed by atoms with E-state index in [0.717, 1.165) is 5.52 Å². The molecular weight excluding hydrogens is 254 g/mol. The number of nitrogens with one attached hydrogen (secondary N) is 2. The van der Waals surface area contributed by atoms with Gasteiger partial charge in [0.15, 0.2) is 5.76 Å². The Balaban J connectivity index is 1.89. The standard InChI is InChI=1S/C12H8ClN3O2/c13-7-3-4-8-9(6-7)15-12(14-8)16-11(17)10-2-1-5-18-10/h1-6H,(H2,14,15,16,17). The van der Waals surface area contributed by atoms with Gasteiger partial charge in [-0.3, -0.25) is 10.1 Å². The highest BCUT2D eigenvalue weighted by atomic mass is 35.5. The average molecular weight is 262 g/mol. The number of benzene rings is 1. The minimum absolute atomic E-state index is 0.230. The summed E-state index contributed by atoms with van der Waals surface area (Å²) in [5.74, 6) is 0.229. The number of aromatic nitrogens is 2. The lowest BCUT2D eigenvalue weighted by Crippen LogP contribution is -2.11. The molecule has 90 valence electrons. The number of anilines is 1. The van der Waals surface area contributed by atoms with Crippen LogP contribution in [0.5, 0.6) is 0 Å². The van der Waals surface area contributed by atoms with Crippen molar-refractivity contribution in [1.29, 1.82) is 0 Å². The smallest absolute Gasteiger partial charge is 0.293 e. The fourth-order valence-electron chi connectivity index (χ4n) is 1.62. The highest BCUT2D eigenvalue weighted by Crippen LogP contribution is 2.19. The van der Waals surface area contributed by atoms with Crippen molar-refractivity contribution in [2.75, 3.05) is 5.32 Å². The first kappa shape index (κ1) is 10.9. The summed E-state index contributed by atoms with van der Waals surface area (Å²) in [6.07, 6.45) is 1.44. The first-order valence-electron chi connectivity index (χ1n) is 5.22. The van der Waals surface area contributed by atoms with Gasteiger partial charge in [0, 0.05) is 5.02 Å². The Bertz CT molecular complexity index is 703. The van der Waals surface area contributed by atoms with E-state index in [-0.39, 0.29) is 11.7 Å². The zero-order valence-corrected chi connectivity index (χ0v) is 9.86. The topological polar surface area (TPSA) is 70.9 Å². The Hall–Kier alpha value is -2.27. The molecule has 0 aliphatic rings. The van der Waals surface area contributed by atoms with Crippen LogP contribution in [-0.4, -0.2) is 15.9 Å². The number of amides is 1. The molecule has 0 aliphatic heterocycles. The van der Waals surface area contributed by atoms with E-state index >= 15 is 0 Å². The number of fused-ring (bicyclic) bond motifs is 1. The van der Waals surface area contributed by atoms with Crippen LogP contribution in [0.2, 0.25) is 5.02 Å².